The van der Waals surface area contributed by atoms with Gasteiger partial charge < -0.3 is 0 Å². The molecule has 0 bridgehead atoms. The van der Waals surface area contributed by atoms with Crippen LogP contribution in [0.4, 0.5) is 0 Å². The van der Waals surface area contributed by atoms with Crippen molar-refractivity contribution in [3.63, 3.8) is 0 Å². The molecule has 1 aromatic rings. The minimum Gasteiger partial charge on any atom is -0.299 e. The van der Waals surface area contributed by atoms with Gasteiger partial charge in [0.15, 0.2) is 0 Å². The summed E-state index contributed by atoms with van der Waals surface area (Å²) >= 11 is 1.23. The highest BCUT2D eigenvalue weighted by molar-refractivity contribution is 8.03. The molecule has 0 N–H and O–H groups in total. The molecule has 2 nitrogen and oxygen atoms in total. The number of nitriles is 1. The van der Waals surface area contributed by atoms with E-state index in [4.69, 9.17) is 5.26 Å². The van der Waals surface area contributed by atoms with Crippen molar-refractivity contribution < 1.29 is 0 Å². The van der Waals surface area contributed by atoms with E-state index in [1.165, 1.54) is 49.7 Å². The highest BCUT2D eigenvalue weighted by Gasteiger charge is 2.13. The van der Waals surface area contributed by atoms with Gasteiger partial charge >= 0.3 is 0 Å². The van der Waals surface area contributed by atoms with E-state index in [1.807, 2.05) is 12.1 Å². The predicted molar refractivity (Wildman–Crippen MR) is 76.2 cm³/mol. The first kappa shape index (κ1) is 13.5. The lowest BCUT2D eigenvalue weighted by Gasteiger charge is -2.20. The van der Waals surface area contributed by atoms with Crippen LogP contribution in [-0.4, -0.2) is 18.0 Å². The Morgan fingerprint density at radius 1 is 1.28 bits per heavy atom. The maximum Gasteiger partial charge on any atom is 0.138 e. The number of likely N-dealkylation sites (tertiary alicyclic amines) is 1. The molecule has 1 aliphatic rings. The SMILES string of the molecule is C[C@@H]1CCCN(Cc2ccc(SC#N)cc2)CC1. The number of rotatable bonds is 3. The van der Waals surface area contributed by atoms with Crippen LogP contribution in [0.5, 0.6) is 0 Å². The molecule has 96 valence electrons. The average Bonchev–Trinajstić information content (AvgIpc) is 2.57. The standard InChI is InChI=1S/C15H20N2S/c1-13-3-2-9-17(10-8-13)11-14-4-6-15(7-5-14)18-12-16/h4-7,13H,2-3,8-11H2,1H3/t13-/m1/s1. The molecule has 0 spiro atoms. The molecule has 1 atom stereocenters. The average molecular weight is 260 g/mol. The third kappa shape index (κ3) is 4.04. The summed E-state index contributed by atoms with van der Waals surface area (Å²) in [6, 6.07) is 8.38. The fraction of sp³-hybridized carbons (Fsp3) is 0.533. The Kier molecular flexibility index (Phi) is 5.10. The van der Waals surface area contributed by atoms with Crippen molar-refractivity contribution >= 4 is 11.8 Å². The molecular formula is C15H20N2S. The maximum atomic E-state index is 8.61. The quantitative estimate of drug-likeness (QED) is 0.609. The molecule has 1 aromatic carbocycles. The summed E-state index contributed by atoms with van der Waals surface area (Å²) in [5.74, 6) is 0.879. The Balaban J connectivity index is 1.90. The van der Waals surface area contributed by atoms with Crippen LogP contribution in [0.3, 0.4) is 0 Å². The molecule has 3 heteroatoms. The van der Waals surface area contributed by atoms with Crippen LogP contribution >= 0.6 is 11.8 Å². The van der Waals surface area contributed by atoms with Crippen LogP contribution in [0.1, 0.15) is 31.7 Å². The van der Waals surface area contributed by atoms with Gasteiger partial charge in [0.25, 0.3) is 0 Å². The molecule has 1 fully saturated rings. The van der Waals surface area contributed by atoms with Crippen LogP contribution in [0.15, 0.2) is 29.2 Å². The zero-order chi connectivity index (χ0) is 12.8. The number of hydrogen-bond donors (Lipinski definition) is 0. The van der Waals surface area contributed by atoms with Crippen molar-refractivity contribution in [1.29, 1.82) is 5.26 Å². The van der Waals surface area contributed by atoms with E-state index in [0.29, 0.717) is 0 Å². The molecule has 1 aliphatic heterocycles. The second kappa shape index (κ2) is 6.82. The Bertz CT molecular complexity index is 407. The first-order chi connectivity index (χ1) is 8.78. The maximum absolute atomic E-state index is 8.61. The smallest absolute Gasteiger partial charge is 0.138 e. The molecular weight excluding hydrogens is 240 g/mol. The normalized spacial score (nSPS) is 21.2. The third-order valence-corrected chi connectivity index (χ3v) is 4.20. The van der Waals surface area contributed by atoms with E-state index in [1.54, 1.807) is 0 Å². The van der Waals surface area contributed by atoms with Crippen LogP contribution in [0.25, 0.3) is 0 Å². The lowest BCUT2D eigenvalue weighted by Crippen LogP contribution is -2.24. The highest BCUT2D eigenvalue weighted by atomic mass is 32.2. The van der Waals surface area contributed by atoms with Crippen LogP contribution in [-0.2, 0) is 6.54 Å². The summed E-state index contributed by atoms with van der Waals surface area (Å²) in [4.78, 5) is 3.58. The minimum atomic E-state index is 0.879. The van der Waals surface area contributed by atoms with Crippen molar-refractivity contribution in [2.24, 2.45) is 5.92 Å². The summed E-state index contributed by atoms with van der Waals surface area (Å²) in [6.07, 6.45) is 4.01. The summed E-state index contributed by atoms with van der Waals surface area (Å²) in [5, 5.41) is 10.7. The van der Waals surface area contributed by atoms with E-state index in [0.717, 1.165) is 17.4 Å². The summed E-state index contributed by atoms with van der Waals surface area (Å²) in [7, 11) is 0. The van der Waals surface area contributed by atoms with E-state index < -0.39 is 0 Å². The van der Waals surface area contributed by atoms with Crippen molar-refractivity contribution in [2.45, 2.75) is 37.6 Å². The van der Waals surface area contributed by atoms with Crippen molar-refractivity contribution in [3.05, 3.63) is 29.8 Å². The topological polar surface area (TPSA) is 27.0 Å². The van der Waals surface area contributed by atoms with Crippen LogP contribution in [0.2, 0.25) is 0 Å². The first-order valence-electron chi connectivity index (χ1n) is 6.65. The van der Waals surface area contributed by atoms with Crippen molar-refractivity contribution in [3.8, 4) is 5.40 Å². The summed E-state index contributed by atoms with van der Waals surface area (Å²) in [5.41, 5.74) is 1.35. The van der Waals surface area contributed by atoms with Gasteiger partial charge in [0, 0.05) is 11.4 Å². The molecule has 0 unspecified atom stereocenters. The number of thiocyanates is 1. The fourth-order valence-electron chi connectivity index (χ4n) is 2.45. The van der Waals surface area contributed by atoms with E-state index in [2.05, 4.69) is 29.4 Å². The van der Waals surface area contributed by atoms with Crippen LogP contribution < -0.4 is 0 Å². The minimum absolute atomic E-state index is 0.879. The van der Waals surface area contributed by atoms with Gasteiger partial charge in [-0.2, -0.15) is 5.26 Å². The molecule has 18 heavy (non-hydrogen) atoms. The summed E-state index contributed by atoms with van der Waals surface area (Å²) < 4.78 is 0. The van der Waals surface area contributed by atoms with E-state index in [-0.39, 0.29) is 0 Å². The van der Waals surface area contributed by atoms with Gasteiger partial charge in [0.1, 0.15) is 5.40 Å². The van der Waals surface area contributed by atoms with Gasteiger partial charge in [-0.15, -0.1) is 0 Å². The van der Waals surface area contributed by atoms with Gasteiger partial charge in [-0.25, -0.2) is 0 Å². The van der Waals surface area contributed by atoms with Gasteiger partial charge in [-0.05, 0) is 67.7 Å². The lowest BCUT2D eigenvalue weighted by molar-refractivity contribution is 0.273. The number of thioether (sulfide) groups is 1. The molecule has 0 aliphatic carbocycles. The molecule has 0 aromatic heterocycles. The lowest BCUT2D eigenvalue weighted by atomic mass is 10.0. The molecule has 1 saturated heterocycles. The van der Waals surface area contributed by atoms with Gasteiger partial charge in [-0.3, -0.25) is 4.90 Å². The Hall–Kier alpha value is -0.980. The number of benzene rings is 1. The van der Waals surface area contributed by atoms with E-state index in [9.17, 15) is 0 Å². The zero-order valence-electron chi connectivity index (χ0n) is 10.9. The third-order valence-electron chi connectivity index (χ3n) is 3.60. The number of hydrogen-bond acceptors (Lipinski definition) is 3. The molecule has 0 radical (unpaired) electrons. The highest BCUT2D eigenvalue weighted by Crippen LogP contribution is 2.20. The first-order valence-corrected chi connectivity index (χ1v) is 7.47. The molecule has 0 saturated carbocycles. The number of nitrogens with zero attached hydrogens (tertiary/aromatic N) is 2. The Morgan fingerprint density at radius 3 is 2.78 bits per heavy atom. The largest absolute Gasteiger partial charge is 0.299 e. The van der Waals surface area contributed by atoms with E-state index >= 15 is 0 Å². The van der Waals surface area contributed by atoms with Gasteiger partial charge in [-0.1, -0.05) is 19.1 Å². The second-order valence-corrected chi connectivity index (χ2v) is 6.01. The van der Waals surface area contributed by atoms with Gasteiger partial charge in [0.2, 0.25) is 0 Å². The Labute approximate surface area is 114 Å². The zero-order valence-corrected chi connectivity index (χ0v) is 11.7. The van der Waals surface area contributed by atoms with Crippen LogP contribution in [0, 0.1) is 16.6 Å². The molecule has 2 rings (SSSR count). The fourth-order valence-corrected chi connectivity index (χ4v) is 2.83. The molecule has 0 amide bonds. The Morgan fingerprint density at radius 2 is 2.06 bits per heavy atom. The van der Waals surface area contributed by atoms with Gasteiger partial charge in [0.05, 0.1) is 0 Å². The van der Waals surface area contributed by atoms with Crippen molar-refractivity contribution in [2.75, 3.05) is 13.1 Å². The monoisotopic (exact) mass is 260 g/mol. The van der Waals surface area contributed by atoms with Crippen molar-refractivity contribution in [1.82, 2.24) is 4.90 Å². The second-order valence-electron chi connectivity index (χ2n) is 5.15. The predicted octanol–water partition coefficient (Wildman–Crippen LogP) is 3.88. The summed E-state index contributed by atoms with van der Waals surface area (Å²) in [6.45, 7) is 5.84. The molecule has 1 heterocycles.